The zero-order valence-electron chi connectivity index (χ0n) is 14.2. The molecule has 2 aromatic rings. The zero-order valence-corrected chi connectivity index (χ0v) is 14.2. The Morgan fingerprint density at radius 2 is 2.25 bits per heavy atom. The number of hydrogen-bond donors (Lipinski definition) is 0. The molecule has 1 amide bonds. The summed E-state index contributed by atoms with van der Waals surface area (Å²) in [4.78, 5) is 15.0. The third kappa shape index (κ3) is 2.50. The summed E-state index contributed by atoms with van der Waals surface area (Å²) in [6.45, 7) is 1.99. The van der Waals surface area contributed by atoms with Crippen LogP contribution in [-0.2, 0) is 16.5 Å². The zero-order chi connectivity index (χ0) is 16.7. The van der Waals surface area contributed by atoms with Gasteiger partial charge in [-0.15, -0.1) is 0 Å². The standard InChI is InChI=1S/C18H23N3O3/c1-20-15-7-4-3-6-14(15)16(19-20)17(22)21-9-5-8-18(12-21)10-13(23-2)11-24-18/h3-4,6-7,13H,5,8-12H2,1-2H3. The highest BCUT2D eigenvalue weighted by Gasteiger charge is 2.45. The number of rotatable bonds is 2. The fourth-order valence-electron chi connectivity index (χ4n) is 4.03. The second-order valence-corrected chi connectivity index (χ2v) is 6.88. The number of aryl methyl sites for hydroxylation is 1. The maximum Gasteiger partial charge on any atom is 0.275 e. The molecule has 0 aliphatic carbocycles. The fraction of sp³-hybridized carbons (Fsp3) is 0.556. The fourth-order valence-corrected chi connectivity index (χ4v) is 4.03. The van der Waals surface area contributed by atoms with Crippen molar-refractivity contribution < 1.29 is 14.3 Å². The van der Waals surface area contributed by atoms with Gasteiger partial charge >= 0.3 is 0 Å². The van der Waals surface area contributed by atoms with E-state index >= 15 is 0 Å². The van der Waals surface area contributed by atoms with Gasteiger partial charge in [0.2, 0.25) is 0 Å². The van der Waals surface area contributed by atoms with Crippen molar-refractivity contribution in [3.63, 3.8) is 0 Å². The van der Waals surface area contributed by atoms with Gasteiger partial charge in [0.25, 0.3) is 5.91 Å². The molecule has 128 valence electrons. The van der Waals surface area contributed by atoms with E-state index in [1.807, 2.05) is 36.2 Å². The van der Waals surface area contributed by atoms with Crippen molar-refractivity contribution in [2.75, 3.05) is 26.8 Å². The smallest absolute Gasteiger partial charge is 0.275 e. The molecule has 6 heteroatoms. The number of para-hydroxylation sites is 1. The summed E-state index contributed by atoms with van der Waals surface area (Å²) in [5.41, 5.74) is 1.26. The third-order valence-electron chi connectivity index (χ3n) is 5.30. The van der Waals surface area contributed by atoms with E-state index in [1.165, 1.54) is 0 Å². The molecule has 2 aliphatic heterocycles. The number of amides is 1. The maximum absolute atomic E-state index is 13.1. The van der Waals surface area contributed by atoms with Crippen molar-refractivity contribution in [2.45, 2.75) is 31.0 Å². The Balaban J connectivity index is 1.60. The summed E-state index contributed by atoms with van der Waals surface area (Å²) in [5, 5.41) is 5.38. The van der Waals surface area contributed by atoms with Gasteiger partial charge in [-0.25, -0.2) is 0 Å². The highest BCUT2D eigenvalue weighted by atomic mass is 16.6. The van der Waals surface area contributed by atoms with Crippen molar-refractivity contribution in [3.8, 4) is 0 Å². The Morgan fingerprint density at radius 3 is 3.04 bits per heavy atom. The number of fused-ring (bicyclic) bond motifs is 1. The van der Waals surface area contributed by atoms with E-state index in [0.29, 0.717) is 18.8 Å². The highest BCUT2D eigenvalue weighted by Crippen LogP contribution is 2.36. The monoisotopic (exact) mass is 329 g/mol. The molecule has 0 radical (unpaired) electrons. The Kier molecular flexibility index (Phi) is 3.81. The summed E-state index contributed by atoms with van der Waals surface area (Å²) >= 11 is 0. The lowest BCUT2D eigenvalue weighted by molar-refractivity contribution is -0.0459. The lowest BCUT2D eigenvalue weighted by Gasteiger charge is -2.39. The van der Waals surface area contributed by atoms with Gasteiger partial charge in [-0.1, -0.05) is 18.2 Å². The van der Waals surface area contributed by atoms with Crippen LogP contribution in [0.25, 0.3) is 10.9 Å². The normalized spacial score (nSPS) is 27.2. The summed E-state index contributed by atoms with van der Waals surface area (Å²) < 4.78 is 13.3. The molecule has 24 heavy (non-hydrogen) atoms. The first-order chi connectivity index (χ1) is 11.6. The Labute approximate surface area is 141 Å². The molecule has 2 aliphatic rings. The number of ether oxygens (including phenoxy) is 2. The van der Waals surface area contributed by atoms with Crippen LogP contribution >= 0.6 is 0 Å². The number of carbonyl (C=O) groups is 1. The Bertz CT molecular complexity index is 772. The number of methoxy groups -OCH3 is 1. The minimum Gasteiger partial charge on any atom is -0.379 e. The van der Waals surface area contributed by atoms with Gasteiger partial charge in [-0.2, -0.15) is 5.10 Å². The van der Waals surface area contributed by atoms with Gasteiger partial charge in [-0.3, -0.25) is 9.48 Å². The molecule has 1 aromatic heterocycles. The van der Waals surface area contributed by atoms with E-state index < -0.39 is 0 Å². The van der Waals surface area contributed by atoms with Crippen LogP contribution in [0.5, 0.6) is 0 Å². The lowest BCUT2D eigenvalue weighted by atomic mass is 9.89. The van der Waals surface area contributed by atoms with E-state index in [1.54, 1.807) is 11.8 Å². The number of likely N-dealkylation sites (tertiary alicyclic amines) is 1. The predicted octanol–water partition coefficient (Wildman–Crippen LogP) is 1.98. The van der Waals surface area contributed by atoms with E-state index in [9.17, 15) is 4.79 Å². The topological polar surface area (TPSA) is 56.6 Å². The average Bonchev–Trinajstić information content (AvgIpc) is 3.16. The summed E-state index contributed by atoms with van der Waals surface area (Å²) in [6.07, 6.45) is 2.93. The Morgan fingerprint density at radius 1 is 1.42 bits per heavy atom. The van der Waals surface area contributed by atoms with Crippen molar-refractivity contribution in [3.05, 3.63) is 30.0 Å². The summed E-state index contributed by atoms with van der Waals surface area (Å²) in [7, 11) is 3.60. The highest BCUT2D eigenvalue weighted by molar-refractivity contribution is 6.04. The molecule has 4 rings (SSSR count). The van der Waals surface area contributed by atoms with Crippen LogP contribution < -0.4 is 0 Å². The molecule has 2 fully saturated rings. The van der Waals surface area contributed by atoms with Crippen LogP contribution in [-0.4, -0.2) is 59.1 Å². The van der Waals surface area contributed by atoms with Gasteiger partial charge in [0, 0.05) is 32.5 Å². The third-order valence-corrected chi connectivity index (χ3v) is 5.30. The Hall–Kier alpha value is -1.92. The number of benzene rings is 1. The van der Waals surface area contributed by atoms with Gasteiger partial charge in [0.15, 0.2) is 5.69 Å². The van der Waals surface area contributed by atoms with Crippen molar-refractivity contribution >= 4 is 16.8 Å². The number of carbonyl (C=O) groups excluding carboxylic acids is 1. The number of hydrogen-bond acceptors (Lipinski definition) is 4. The second kappa shape index (κ2) is 5.86. The molecule has 0 N–H and O–H groups in total. The minimum atomic E-state index is -0.251. The van der Waals surface area contributed by atoms with Gasteiger partial charge in [-0.05, 0) is 18.9 Å². The minimum absolute atomic E-state index is 0.00431. The van der Waals surface area contributed by atoms with Gasteiger partial charge in [0.1, 0.15) is 0 Å². The molecule has 0 saturated carbocycles. The first-order valence-corrected chi connectivity index (χ1v) is 8.50. The van der Waals surface area contributed by atoms with E-state index in [-0.39, 0.29) is 17.6 Å². The molecular weight excluding hydrogens is 306 g/mol. The molecule has 2 unspecified atom stereocenters. The first-order valence-electron chi connectivity index (χ1n) is 8.50. The molecule has 6 nitrogen and oxygen atoms in total. The van der Waals surface area contributed by atoms with Crippen LogP contribution in [0.2, 0.25) is 0 Å². The van der Waals surface area contributed by atoms with Crippen LogP contribution in [0.4, 0.5) is 0 Å². The van der Waals surface area contributed by atoms with Crippen molar-refractivity contribution in [1.82, 2.24) is 14.7 Å². The van der Waals surface area contributed by atoms with E-state index in [4.69, 9.17) is 9.47 Å². The number of piperidine rings is 1. The molecule has 2 saturated heterocycles. The van der Waals surface area contributed by atoms with Crippen molar-refractivity contribution in [2.24, 2.45) is 7.05 Å². The summed E-state index contributed by atoms with van der Waals surface area (Å²) in [6, 6.07) is 7.86. The van der Waals surface area contributed by atoms with Gasteiger partial charge in [0.05, 0.1) is 30.4 Å². The molecule has 0 bridgehead atoms. The maximum atomic E-state index is 13.1. The second-order valence-electron chi connectivity index (χ2n) is 6.88. The van der Waals surface area contributed by atoms with Crippen LogP contribution in [0.15, 0.2) is 24.3 Å². The molecule has 1 aromatic carbocycles. The summed E-state index contributed by atoms with van der Waals surface area (Å²) in [5.74, 6) is -0.00431. The van der Waals surface area contributed by atoms with E-state index in [2.05, 4.69) is 5.10 Å². The predicted molar refractivity (Wildman–Crippen MR) is 89.9 cm³/mol. The number of aromatic nitrogens is 2. The van der Waals surface area contributed by atoms with Crippen LogP contribution in [0.1, 0.15) is 29.8 Å². The molecule has 2 atom stereocenters. The quantitative estimate of drug-likeness (QED) is 0.845. The number of nitrogens with zero attached hydrogens (tertiary/aromatic N) is 3. The molecule has 1 spiro atoms. The van der Waals surface area contributed by atoms with Gasteiger partial charge < -0.3 is 14.4 Å². The SMILES string of the molecule is COC1COC2(CCCN(C(=O)c3nn(C)c4ccccc34)C2)C1. The molecular formula is C18H23N3O3. The van der Waals surface area contributed by atoms with E-state index in [0.717, 1.165) is 36.7 Å². The lowest BCUT2D eigenvalue weighted by Crippen LogP contribution is -2.50. The van der Waals surface area contributed by atoms with Crippen LogP contribution in [0.3, 0.4) is 0 Å². The van der Waals surface area contributed by atoms with Crippen molar-refractivity contribution in [1.29, 1.82) is 0 Å². The average molecular weight is 329 g/mol. The molecule has 3 heterocycles. The van der Waals surface area contributed by atoms with Crippen LogP contribution in [0, 0.1) is 0 Å². The largest absolute Gasteiger partial charge is 0.379 e. The first kappa shape index (κ1) is 15.6.